The second-order valence-electron chi connectivity index (χ2n) is 5.91. The van der Waals surface area contributed by atoms with E-state index in [1.165, 1.54) is 34.9 Å². The Kier molecular flexibility index (Phi) is 6.23. The highest BCUT2D eigenvalue weighted by Crippen LogP contribution is 2.32. The minimum absolute atomic E-state index is 0.0270. The van der Waals surface area contributed by atoms with E-state index >= 15 is 0 Å². The van der Waals surface area contributed by atoms with E-state index < -0.39 is 5.97 Å². The topological polar surface area (TPSA) is 89.5 Å². The van der Waals surface area contributed by atoms with Crippen LogP contribution in [0.3, 0.4) is 0 Å². The van der Waals surface area contributed by atoms with E-state index in [0.29, 0.717) is 14.9 Å². The molecule has 8 heteroatoms. The summed E-state index contributed by atoms with van der Waals surface area (Å²) in [7, 11) is 0. The fourth-order valence-electron chi connectivity index (χ4n) is 2.55. The second-order valence-corrected chi connectivity index (χ2v) is 7.59. The lowest BCUT2D eigenvalue weighted by Gasteiger charge is -2.14. The Morgan fingerprint density at radius 1 is 1.14 bits per heavy atom. The van der Waals surface area contributed by atoms with Gasteiger partial charge < -0.3 is 15.2 Å². The monoisotopic (exact) mass is 411 g/mol. The number of carboxylic acid groups (broad SMARTS) is 1. The minimum Gasteiger partial charge on any atom is -0.545 e. The Labute approximate surface area is 171 Å². The minimum atomic E-state index is -1.32. The molecule has 1 fully saturated rings. The van der Waals surface area contributed by atoms with Gasteiger partial charge in [-0.05, 0) is 29.3 Å². The van der Waals surface area contributed by atoms with Crippen LogP contribution in [0.5, 0.6) is 0 Å². The Bertz CT molecular complexity index is 973. The highest BCUT2D eigenvalue weighted by atomic mass is 32.2. The van der Waals surface area contributed by atoms with Crippen LogP contribution >= 0.6 is 24.0 Å². The smallest absolute Gasteiger partial charge is 0.266 e. The van der Waals surface area contributed by atoms with Gasteiger partial charge in [0, 0.05) is 18.7 Å². The van der Waals surface area contributed by atoms with Crippen molar-refractivity contribution >= 4 is 57.8 Å². The van der Waals surface area contributed by atoms with Crippen molar-refractivity contribution in [3.8, 4) is 0 Å². The van der Waals surface area contributed by atoms with Crippen LogP contribution in [0.15, 0.2) is 59.5 Å². The van der Waals surface area contributed by atoms with Gasteiger partial charge in [0.15, 0.2) is 0 Å². The third kappa shape index (κ3) is 4.85. The quantitative estimate of drug-likeness (QED) is 0.579. The molecule has 0 radical (unpaired) electrons. The molecule has 1 N–H and O–H groups in total. The van der Waals surface area contributed by atoms with Gasteiger partial charge in [0.1, 0.15) is 4.32 Å². The van der Waals surface area contributed by atoms with Gasteiger partial charge >= 0.3 is 0 Å². The van der Waals surface area contributed by atoms with Gasteiger partial charge in [-0.15, -0.1) is 0 Å². The number of carboxylic acids is 1. The number of carbonyl (C=O) groups excluding carboxylic acids is 3. The molecule has 2 aromatic carbocycles. The number of carbonyl (C=O) groups is 3. The molecule has 0 unspecified atom stereocenters. The van der Waals surface area contributed by atoms with E-state index in [1.54, 1.807) is 12.1 Å². The number of benzene rings is 2. The summed E-state index contributed by atoms with van der Waals surface area (Å²) in [4.78, 5) is 37.5. The number of amides is 2. The van der Waals surface area contributed by atoms with Crippen molar-refractivity contribution in [2.24, 2.45) is 0 Å². The molecule has 1 aliphatic rings. The van der Waals surface area contributed by atoms with Gasteiger partial charge in [-0.3, -0.25) is 14.5 Å². The SMILES string of the molecule is O=C(CCN1C(=O)/C(=C\c2ccccc2)SC1=S)Nc1cccc(C(=O)[O-])c1. The van der Waals surface area contributed by atoms with Gasteiger partial charge in [0.05, 0.1) is 10.9 Å². The highest BCUT2D eigenvalue weighted by Gasteiger charge is 2.32. The fraction of sp³-hybridized carbons (Fsp3) is 0.100. The average molecular weight is 411 g/mol. The molecule has 1 aliphatic heterocycles. The van der Waals surface area contributed by atoms with Crippen molar-refractivity contribution < 1.29 is 19.5 Å². The van der Waals surface area contributed by atoms with Crippen LogP contribution in [-0.4, -0.2) is 33.5 Å². The van der Waals surface area contributed by atoms with Gasteiger partial charge in [0.25, 0.3) is 5.91 Å². The Hall–Kier alpha value is -2.97. The highest BCUT2D eigenvalue weighted by molar-refractivity contribution is 8.26. The molecule has 0 bridgehead atoms. The predicted octanol–water partition coefficient (Wildman–Crippen LogP) is 2.28. The molecule has 0 aliphatic carbocycles. The number of aromatic carboxylic acids is 1. The summed E-state index contributed by atoms with van der Waals surface area (Å²) in [5.74, 6) is -1.90. The summed E-state index contributed by atoms with van der Waals surface area (Å²) in [6.45, 7) is 0.142. The number of thioether (sulfide) groups is 1. The lowest BCUT2D eigenvalue weighted by molar-refractivity contribution is -0.255. The molecule has 28 heavy (non-hydrogen) atoms. The zero-order valence-corrected chi connectivity index (χ0v) is 16.2. The van der Waals surface area contributed by atoms with Crippen molar-refractivity contribution in [1.29, 1.82) is 0 Å². The Morgan fingerprint density at radius 3 is 2.61 bits per heavy atom. The first-order chi connectivity index (χ1) is 13.4. The van der Waals surface area contributed by atoms with E-state index in [2.05, 4.69) is 5.32 Å². The molecule has 3 rings (SSSR count). The van der Waals surface area contributed by atoms with E-state index in [9.17, 15) is 19.5 Å². The number of hydrogen-bond acceptors (Lipinski definition) is 6. The third-order valence-corrected chi connectivity index (χ3v) is 5.29. The van der Waals surface area contributed by atoms with Gasteiger partial charge in [-0.25, -0.2) is 0 Å². The summed E-state index contributed by atoms with van der Waals surface area (Å²) < 4.78 is 0.402. The number of hydrogen-bond donors (Lipinski definition) is 1. The lowest BCUT2D eigenvalue weighted by Crippen LogP contribution is -2.31. The number of anilines is 1. The molecule has 1 heterocycles. The van der Waals surface area contributed by atoms with Crippen LogP contribution in [0.1, 0.15) is 22.3 Å². The summed E-state index contributed by atoms with van der Waals surface area (Å²) >= 11 is 6.46. The summed E-state index contributed by atoms with van der Waals surface area (Å²) in [6.07, 6.45) is 1.80. The zero-order valence-electron chi connectivity index (χ0n) is 14.6. The van der Waals surface area contributed by atoms with Crippen LogP contribution in [0.25, 0.3) is 6.08 Å². The Balaban J connectivity index is 1.59. The van der Waals surface area contributed by atoms with Gasteiger partial charge in [0.2, 0.25) is 5.91 Å². The van der Waals surface area contributed by atoms with Crippen molar-refractivity contribution in [3.63, 3.8) is 0 Å². The van der Waals surface area contributed by atoms with Crippen molar-refractivity contribution in [2.45, 2.75) is 6.42 Å². The van der Waals surface area contributed by atoms with E-state index in [0.717, 1.165) is 5.56 Å². The first-order valence-corrected chi connectivity index (χ1v) is 9.58. The fourth-order valence-corrected chi connectivity index (χ4v) is 3.86. The van der Waals surface area contributed by atoms with Crippen molar-refractivity contribution in [2.75, 3.05) is 11.9 Å². The first-order valence-electron chi connectivity index (χ1n) is 8.36. The number of thiocarbonyl (C=S) groups is 1. The molecule has 0 saturated carbocycles. The molecular weight excluding hydrogens is 396 g/mol. The lowest BCUT2D eigenvalue weighted by atomic mass is 10.2. The maximum Gasteiger partial charge on any atom is 0.266 e. The largest absolute Gasteiger partial charge is 0.545 e. The molecule has 142 valence electrons. The molecule has 6 nitrogen and oxygen atoms in total. The van der Waals surface area contributed by atoms with Crippen LogP contribution in [0.2, 0.25) is 0 Å². The number of nitrogens with zero attached hydrogens (tertiary/aromatic N) is 1. The average Bonchev–Trinajstić information content (AvgIpc) is 2.94. The first kappa shape index (κ1) is 19.8. The third-order valence-electron chi connectivity index (χ3n) is 3.92. The van der Waals surface area contributed by atoms with E-state index in [1.807, 2.05) is 30.3 Å². The molecule has 0 atom stereocenters. The van der Waals surface area contributed by atoms with Crippen molar-refractivity contribution in [1.82, 2.24) is 4.90 Å². The maximum absolute atomic E-state index is 12.6. The standard InChI is InChI=1S/C20H16N2O4S2/c23-17(21-15-8-4-7-14(12-15)19(25)26)9-10-22-18(24)16(28-20(22)27)11-13-5-2-1-3-6-13/h1-8,11-12H,9-10H2,(H,21,23)(H,25,26)/p-1/b16-11+. The van der Waals surface area contributed by atoms with E-state index in [4.69, 9.17) is 12.2 Å². The Morgan fingerprint density at radius 2 is 1.89 bits per heavy atom. The van der Waals surface area contributed by atoms with Crippen molar-refractivity contribution in [3.05, 3.63) is 70.6 Å². The molecule has 2 amide bonds. The normalized spacial score (nSPS) is 15.1. The van der Waals surface area contributed by atoms with Crippen LogP contribution in [0.4, 0.5) is 5.69 Å². The molecular formula is C20H15N2O4S2-. The van der Waals surface area contributed by atoms with E-state index in [-0.39, 0.29) is 30.3 Å². The summed E-state index contributed by atoms with van der Waals surface area (Å²) in [5.41, 5.74) is 1.22. The molecule has 0 spiro atoms. The summed E-state index contributed by atoms with van der Waals surface area (Å²) in [5, 5.41) is 13.5. The maximum atomic E-state index is 12.6. The van der Waals surface area contributed by atoms with Crippen LogP contribution in [-0.2, 0) is 9.59 Å². The summed E-state index contributed by atoms with van der Waals surface area (Å²) in [6, 6.07) is 15.2. The number of nitrogens with one attached hydrogen (secondary N) is 1. The number of rotatable bonds is 6. The second kappa shape index (κ2) is 8.81. The predicted molar refractivity (Wildman–Crippen MR) is 110 cm³/mol. The molecule has 1 saturated heterocycles. The molecule has 2 aromatic rings. The zero-order chi connectivity index (χ0) is 20.1. The molecule has 0 aromatic heterocycles. The van der Waals surface area contributed by atoms with Gasteiger partial charge in [-0.2, -0.15) is 0 Å². The van der Waals surface area contributed by atoms with Crippen LogP contribution < -0.4 is 10.4 Å². The van der Waals surface area contributed by atoms with Gasteiger partial charge in [-0.1, -0.05) is 66.4 Å². The van der Waals surface area contributed by atoms with Crippen LogP contribution in [0, 0.1) is 0 Å².